The van der Waals surface area contributed by atoms with Gasteiger partial charge in [-0.15, -0.1) is 0 Å². The fourth-order valence-electron chi connectivity index (χ4n) is 2.81. The van der Waals surface area contributed by atoms with E-state index in [1.54, 1.807) is 24.4 Å². The first-order valence-electron chi connectivity index (χ1n) is 8.00. The first-order chi connectivity index (χ1) is 12.7. The summed E-state index contributed by atoms with van der Waals surface area (Å²) in [4.78, 5) is 18.1. The van der Waals surface area contributed by atoms with Crippen LogP contribution in [-0.2, 0) is 0 Å². The van der Waals surface area contributed by atoms with E-state index in [0.717, 1.165) is 11.3 Å². The lowest BCUT2D eigenvalue weighted by Gasteiger charge is -2.18. The molecule has 0 saturated carbocycles. The van der Waals surface area contributed by atoms with Crippen LogP contribution in [0.3, 0.4) is 0 Å². The first kappa shape index (κ1) is 14.6. The lowest BCUT2D eigenvalue weighted by molar-refractivity contribution is 0.171. The van der Waals surface area contributed by atoms with Gasteiger partial charge in [-0.2, -0.15) is 0 Å². The molecule has 0 spiro atoms. The van der Waals surface area contributed by atoms with Crippen LogP contribution in [0.4, 0.5) is 11.7 Å². The summed E-state index contributed by atoms with van der Waals surface area (Å²) in [7, 11) is 0. The van der Waals surface area contributed by atoms with Crippen LogP contribution in [0.15, 0.2) is 56.2 Å². The number of oxazole rings is 2. The maximum Gasteiger partial charge on any atom is 0.417 e. The average Bonchev–Trinajstić information content (AvgIpc) is 3.26. The third-order valence-corrected chi connectivity index (χ3v) is 4.00. The highest BCUT2D eigenvalue weighted by Gasteiger charge is 2.14. The highest BCUT2D eigenvalue weighted by Crippen LogP contribution is 2.35. The second-order valence-electron chi connectivity index (χ2n) is 5.74. The number of benzene rings is 2. The molecule has 2 N–H and O–H groups in total. The summed E-state index contributed by atoms with van der Waals surface area (Å²) in [5.41, 5.74) is 2.61. The summed E-state index contributed by atoms with van der Waals surface area (Å²) < 4.78 is 21.9. The number of fused-ring (bicyclic) bond motifs is 2. The third-order valence-electron chi connectivity index (χ3n) is 4.00. The predicted molar refractivity (Wildman–Crippen MR) is 93.0 cm³/mol. The molecule has 0 radical (unpaired) electrons. The molecule has 1 aliphatic heterocycles. The van der Waals surface area contributed by atoms with Crippen molar-refractivity contribution in [3.05, 3.63) is 53.1 Å². The van der Waals surface area contributed by atoms with Gasteiger partial charge in [0.25, 0.3) is 6.01 Å². The largest absolute Gasteiger partial charge is 0.486 e. The van der Waals surface area contributed by atoms with E-state index >= 15 is 0 Å². The normalized spacial score (nSPS) is 13.1. The summed E-state index contributed by atoms with van der Waals surface area (Å²) in [6, 6.07) is 11.2. The summed E-state index contributed by atoms with van der Waals surface area (Å²) in [6.45, 7) is 1.08. The fourth-order valence-corrected chi connectivity index (χ4v) is 2.81. The molecule has 3 heterocycles. The highest BCUT2D eigenvalue weighted by molar-refractivity contribution is 5.77. The molecule has 2 aromatic carbocycles. The molecule has 5 rings (SSSR count). The van der Waals surface area contributed by atoms with Crippen LogP contribution in [0.1, 0.15) is 0 Å². The average molecular weight is 351 g/mol. The van der Waals surface area contributed by atoms with Gasteiger partial charge in [-0.05, 0) is 30.3 Å². The van der Waals surface area contributed by atoms with Crippen molar-refractivity contribution in [3.8, 4) is 22.8 Å². The number of H-pyrrole nitrogens is 1. The quantitative estimate of drug-likeness (QED) is 0.584. The Hall–Kier alpha value is -3.68. The van der Waals surface area contributed by atoms with E-state index in [2.05, 4.69) is 15.3 Å². The molecule has 0 fully saturated rings. The van der Waals surface area contributed by atoms with E-state index in [1.165, 1.54) is 0 Å². The van der Waals surface area contributed by atoms with Gasteiger partial charge in [0.15, 0.2) is 22.8 Å². The number of nitrogens with zero attached hydrogens (tertiary/aromatic N) is 1. The van der Waals surface area contributed by atoms with Crippen molar-refractivity contribution in [2.75, 3.05) is 18.5 Å². The van der Waals surface area contributed by atoms with Gasteiger partial charge in [0, 0.05) is 17.3 Å². The van der Waals surface area contributed by atoms with Crippen LogP contribution < -0.4 is 20.5 Å². The van der Waals surface area contributed by atoms with Gasteiger partial charge in [0.1, 0.15) is 13.2 Å². The number of aromatic amines is 1. The lowest BCUT2D eigenvalue weighted by Crippen LogP contribution is -2.15. The molecule has 0 aliphatic carbocycles. The van der Waals surface area contributed by atoms with E-state index in [9.17, 15) is 4.79 Å². The number of nitrogens with one attached hydrogen (secondary N) is 2. The number of anilines is 2. The van der Waals surface area contributed by atoms with Gasteiger partial charge in [-0.3, -0.25) is 4.98 Å². The van der Waals surface area contributed by atoms with Gasteiger partial charge in [-0.1, -0.05) is 0 Å². The van der Waals surface area contributed by atoms with Crippen LogP contribution >= 0.6 is 0 Å². The van der Waals surface area contributed by atoms with Crippen molar-refractivity contribution in [1.29, 1.82) is 0 Å². The van der Waals surface area contributed by atoms with Crippen molar-refractivity contribution in [2.45, 2.75) is 0 Å². The number of hydrogen-bond donors (Lipinski definition) is 2. The Balaban J connectivity index is 1.41. The minimum Gasteiger partial charge on any atom is -0.486 e. The SMILES string of the molecule is O=c1[nH]c2ccc(Nc3ncc(-c4ccc5c(c4)OCCO5)o3)cc2o1. The number of aromatic nitrogens is 2. The zero-order valence-electron chi connectivity index (χ0n) is 13.4. The molecule has 130 valence electrons. The van der Waals surface area contributed by atoms with Crippen molar-refractivity contribution < 1.29 is 18.3 Å². The smallest absolute Gasteiger partial charge is 0.417 e. The maximum absolute atomic E-state index is 11.2. The zero-order valence-corrected chi connectivity index (χ0v) is 13.4. The Morgan fingerprint density at radius 1 is 1.00 bits per heavy atom. The van der Waals surface area contributed by atoms with Crippen molar-refractivity contribution in [3.63, 3.8) is 0 Å². The Bertz CT molecular complexity index is 1160. The van der Waals surface area contributed by atoms with Crippen LogP contribution in [0.25, 0.3) is 22.4 Å². The molecular weight excluding hydrogens is 338 g/mol. The van der Waals surface area contributed by atoms with Gasteiger partial charge >= 0.3 is 5.76 Å². The van der Waals surface area contributed by atoms with E-state index in [-0.39, 0.29) is 0 Å². The molecule has 8 nitrogen and oxygen atoms in total. The number of ether oxygens (including phenoxy) is 2. The van der Waals surface area contributed by atoms with E-state index in [0.29, 0.717) is 47.5 Å². The minimum absolute atomic E-state index is 0.326. The molecule has 0 atom stereocenters. The molecule has 0 unspecified atom stereocenters. The number of rotatable bonds is 3. The fraction of sp³-hybridized carbons (Fsp3) is 0.111. The first-order valence-corrected chi connectivity index (χ1v) is 8.00. The molecule has 1 aliphatic rings. The van der Waals surface area contributed by atoms with Crippen molar-refractivity contribution >= 4 is 22.8 Å². The molecule has 0 bridgehead atoms. The van der Waals surface area contributed by atoms with Crippen LogP contribution in [0.5, 0.6) is 11.5 Å². The lowest BCUT2D eigenvalue weighted by atomic mass is 10.1. The van der Waals surface area contributed by atoms with Crippen molar-refractivity contribution in [2.24, 2.45) is 0 Å². The Labute approximate surface area is 146 Å². The van der Waals surface area contributed by atoms with Gasteiger partial charge < -0.3 is 23.6 Å². The van der Waals surface area contributed by atoms with Gasteiger partial charge in [0.2, 0.25) is 0 Å². The molecule has 4 aromatic rings. The number of hydrogen-bond acceptors (Lipinski definition) is 7. The van der Waals surface area contributed by atoms with Gasteiger partial charge in [-0.25, -0.2) is 9.78 Å². The molecule has 0 saturated heterocycles. The van der Waals surface area contributed by atoms with Crippen LogP contribution in [0, 0.1) is 0 Å². The third kappa shape index (κ3) is 2.57. The Morgan fingerprint density at radius 2 is 1.88 bits per heavy atom. The second-order valence-corrected chi connectivity index (χ2v) is 5.74. The van der Waals surface area contributed by atoms with Crippen LogP contribution in [0.2, 0.25) is 0 Å². The Morgan fingerprint density at radius 3 is 2.81 bits per heavy atom. The van der Waals surface area contributed by atoms with E-state index in [4.69, 9.17) is 18.3 Å². The molecule has 0 amide bonds. The van der Waals surface area contributed by atoms with E-state index in [1.807, 2.05) is 18.2 Å². The van der Waals surface area contributed by atoms with E-state index < -0.39 is 5.76 Å². The minimum atomic E-state index is -0.492. The standard InChI is InChI=1S/C18H13N3O5/c22-18-21-12-3-2-11(8-14(12)26-18)20-17-19-9-16(25-17)10-1-4-13-15(7-10)24-6-5-23-13/h1-4,7-9H,5-6H2,(H,19,20)(H,21,22). The molecule has 2 aromatic heterocycles. The zero-order chi connectivity index (χ0) is 17.5. The summed E-state index contributed by atoms with van der Waals surface area (Å²) >= 11 is 0. The van der Waals surface area contributed by atoms with Crippen molar-refractivity contribution in [1.82, 2.24) is 9.97 Å². The summed E-state index contributed by atoms with van der Waals surface area (Å²) in [5, 5.41) is 3.05. The molecular formula is C18H13N3O5. The summed E-state index contributed by atoms with van der Waals surface area (Å²) in [5.74, 6) is 1.51. The van der Waals surface area contributed by atoms with Gasteiger partial charge in [0.05, 0.1) is 11.7 Å². The Kier molecular flexibility index (Phi) is 3.21. The predicted octanol–water partition coefficient (Wildman–Crippen LogP) is 3.29. The monoisotopic (exact) mass is 351 g/mol. The van der Waals surface area contributed by atoms with Crippen LogP contribution in [-0.4, -0.2) is 23.2 Å². The molecule has 26 heavy (non-hydrogen) atoms. The molecule has 8 heteroatoms. The highest BCUT2D eigenvalue weighted by atomic mass is 16.6. The second kappa shape index (κ2) is 5.69. The topological polar surface area (TPSA) is 103 Å². The summed E-state index contributed by atoms with van der Waals surface area (Å²) in [6.07, 6.45) is 1.63. The maximum atomic E-state index is 11.2.